The summed E-state index contributed by atoms with van der Waals surface area (Å²) in [6.07, 6.45) is -1.70. The van der Waals surface area contributed by atoms with Gasteiger partial charge >= 0.3 is 0 Å². The maximum atomic E-state index is 14.1. The number of para-hydroxylation sites is 1. The molecule has 0 N–H and O–H groups in total. The lowest BCUT2D eigenvalue weighted by atomic mass is 9.98. The Morgan fingerprint density at radius 3 is 2.00 bits per heavy atom. The Morgan fingerprint density at radius 2 is 1.45 bits per heavy atom. The molecule has 0 saturated heterocycles. The smallest absolute Gasteiger partial charge is 0.232 e. The van der Waals surface area contributed by atoms with Crippen LogP contribution in [0.2, 0.25) is 5.02 Å². The normalized spacial score (nSPS) is 11.8. The second-order valence-electron chi connectivity index (χ2n) is 6.96. The molecule has 8 heteroatoms. The van der Waals surface area contributed by atoms with Gasteiger partial charge in [0, 0.05) is 22.4 Å². The van der Waals surface area contributed by atoms with Gasteiger partial charge in [0.05, 0.1) is 16.3 Å². The maximum Gasteiger partial charge on any atom is 0.282 e. The van der Waals surface area contributed by atoms with Crippen LogP contribution in [-0.2, 0) is 9.84 Å². The average Bonchev–Trinajstić information content (AvgIpc) is 3.15. The third-order valence-electron chi connectivity index (χ3n) is 4.81. The van der Waals surface area contributed by atoms with E-state index in [1.807, 2.05) is 6.07 Å². The Morgan fingerprint density at radius 1 is 0.871 bits per heavy atom. The fourth-order valence-electron chi connectivity index (χ4n) is 3.37. The van der Waals surface area contributed by atoms with E-state index in [1.165, 1.54) is 16.8 Å². The summed E-state index contributed by atoms with van der Waals surface area (Å²) < 4.78 is 53.3. The first-order valence-electron chi connectivity index (χ1n) is 9.28. The van der Waals surface area contributed by atoms with Crippen molar-refractivity contribution < 1.29 is 17.2 Å². The minimum Gasteiger partial charge on any atom is -0.232 e. The lowest BCUT2D eigenvalue weighted by Crippen LogP contribution is -2.01. The molecule has 4 nitrogen and oxygen atoms in total. The van der Waals surface area contributed by atoms with E-state index in [1.54, 1.807) is 60.7 Å². The number of rotatable bonds is 5. The van der Waals surface area contributed by atoms with Gasteiger partial charge in [-0.1, -0.05) is 54.1 Å². The van der Waals surface area contributed by atoms with Crippen molar-refractivity contribution in [2.75, 3.05) is 6.26 Å². The molecule has 0 aliphatic rings. The topological polar surface area (TPSA) is 52.0 Å². The highest BCUT2D eigenvalue weighted by Gasteiger charge is 2.27. The fraction of sp³-hybridized carbons (Fsp3) is 0.0870. The molecule has 0 amide bonds. The van der Waals surface area contributed by atoms with Gasteiger partial charge in [0.1, 0.15) is 5.69 Å². The Balaban J connectivity index is 2.04. The van der Waals surface area contributed by atoms with Gasteiger partial charge in [-0.15, -0.1) is 0 Å². The molecule has 0 spiro atoms. The van der Waals surface area contributed by atoms with Gasteiger partial charge < -0.3 is 0 Å². The van der Waals surface area contributed by atoms with Crippen molar-refractivity contribution in [1.29, 1.82) is 0 Å². The van der Waals surface area contributed by atoms with E-state index in [0.717, 1.165) is 6.26 Å². The molecule has 0 unspecified atom stereocenters. The highest BCUT2D eigenvalue weighted by atomic mass is 35.5. The Bertz CT molecular complexity index is 1320. The second kappa shape index (κ2) is 8.24. The predicted molar refractivity (Wildman–Crippen MR) is 118 cm³/mol. The van der Waals surface area contributed by atoms with Gasteiger partial charge in [-0.25, -0.2) is 21.9 Å². The van der Waals surface area contributed by atoms with Gasteiger partial charge in [0.25, 0.3) is 6.43 Å². The van der Waals surface area contributed by atoms with E-state index < -0.39 is 16.3 Å². The molecule has 0 fully saturated rings. The number of nitrogens with zero attached hydrogens (tertiary/aromatic N) is 2. The largest absolute Gasteiger partial charge is 0.282 e. The molecule has 3 aromatic carbocycles. The van der Waals surface area contributed by atoms with E-state index >= 15 is 0 Å². The SMILES string of the molecule is CS(=O)(=O)c1ccc(-c2c(-c3ccc(Cl)cc3)c(C(F)F)nn2-c2ccccc2)cc1. The third kappa shape index (κ3) is 4.24. The van der Waals surface area contributed by atoms with Crippen molar-refractivity contribution in [2.45, 2.75) is 11.3 Å². The first-order valence-corrected chi connectivity index (χ1v) is 11.6. The van der Waals surface area contributed by atoms with Crippen LogP contribution in [0.1, 0.15) is 12.1 Å². The highest BCUT2D eigenvalue weighted by molar-refractivity contribution is 7.90. The molecule has 4 rings (SSSR count). The van der Waals surface area contributed by atoms with Crippen LogP contribution in [0.25, 0.3) is 28.1 Å². The third-order valence-corrected chi connectivity index (χ3v) is 6.19. The molecule has 0 atom stereocenters. The van der Waals surface area contributed by atoms with Crippen molar-refractivity contribution in [3.63, 3.8) is 0 Å². The summed E-state index contributed by atoms with van der Waals surface area (Å²) in [6.45, 7) is 0. The Kier molecular flexibility index (Phi) is 5.64. The number of alkyl halides is 2. The zero-order valence-electron chi connectivity index (χ0n) is 16.3. The molecule has 1 aromatic heterocycles. The van der Waals surface area contributed by atoms with E-state index in [4.69, 9.17) is 11.6 Å². The van der Waals surface area contributed by atoms with Gasteiger partial charge in [-0.2, -0.15) is 5.10 Å². The summed E-state index contributed by atoms with van der Waals surface area (Å²) in [7, 11) is -3.40. The van der Waals surface area contributed by atoms with E-state index in [0.29, 0.717) is 27.5 Å². The Hall–Kier alpha value is -3.03. The van der Waals surface area contributed by atoms with Crippen LogP contribution in [-0.4, -0.2) is 24.5 Å². The van der Waals surface area contributed by atoms with Gasteiger partial charge in [0.2, 0.25) is 0 Å². The summed E-state index contributed by atoms with van der Waals surface area (Å²) in [5, 5.41) is 4.72. The molecule has 158 valence electrons. The second-order valence-corrected chi connectivity index (χ2v) is 9.41. The van der Waals surface area contributed by atoms with Crippen LogP contribution in [0.5, 0.6) is 0 Å². The van der Waals surface area contributed by atoms with Gasteiger partial charge in [-0.3, -0.25) is 0 Å². The quantitative estimate of drug-likeness (QED) is 0.357. The highest BCUT2D eigenvalue weighted by Crippen LogP contribution is 2.41. The number of halogens is 3. The first-order chi connectivity index (χ1) is 14.8. The zero-order chi connectivity index (χ0) is 22.2. The fourth-order valence-corrected chi connectivity index (χ4v) is 4.13. The number of benzene rings is 3. The summed E-state index contributed by atoms with van der Waals surface area (Å²) >= 11 is 5.99. The molecule has 0 aliphatic carbocycles. The number of hydrogen-bond donors (Lipinski definition) is 0. The molecule has 1 heterocycles. The summed E-state index contributed by atoms with van der Waals surface area (Å²) in [5.74, 6) is 0. The minimum absolute atomic E-state index is 0.143. The molecule has 0 saturated carbocycles. The van der Waals surface area contributed by atoms with Crippen molar-refractivity contribution >= 4 is 21.4 Å². The molecular formula is C23H17ClF2N2O2S. The van der Waals surface area contributed by atoms with Crippen molar-refractivity contribution in [1.82, 2.24) is 9.78 Å². The van der Waals surface area contributed by atoms with Crippen LogP contribution < -0.4 is 0 Å². The monoisotopic (exact) mass is 458 g/mol. The molecule has 0 aliphatic heterocycles. The molecule has 0 bridgehead atoms. The van der Waals surface area contributed by atoms with Crippen molar-refractivity contribution in [3.8, 4) is 28.1 Å². The van der Waals surface area contributed by atoms with E-state index in [2.05, 4.69) is 5.10 Å². The Labute approximate surface area is 183 Å². The van der Waals surface area contributed by atoms with Crippen LogP contribution >= 0.6 is 11.6 Å². The number of aromatic nitrogens is 2. The summed E-state index contributed by atoms with van der Waals surface area (Å²) in [6, 6.07) is 21.6. The van der Waals surface area contributed by atoms with E-state index in [9.17, 15) is 17.2 Å². The zero-order valence-corrected chi connectivity index (χ0v) is 17.9. The lowest BCUT2D eigenvalue weighted by molar-refractivity contribution is 0.146. The summed E-state index contributed by atoms with van der Waals surface area (Å²) in [5.41, 5.74) is 2.02. The van der Waals surface area contributed by atoms with Crippen LogP contribution in [0.15, 0.2) is 83.8 Å². The standard InChI is InChI=1S/C23H17ClF2N2O2S/c1-31(29,30)19-13-9-16(10-14-19)22-20(15-7-11-17(24)12-8-15)21(23(25)26)27-28(22)18-5-3-2-4-6-18/h2-14,23H,1H3. The number of sulfone groups is 1. The summed E-state index contributed by atoms with van der Waals surface area (Å²) in [4.78, 5) is 0.143. The molecular weight excluding hydrogens is 442 g/mol. The first kappa shape index (κ1) is 21.2. The van der Waals surface area contributed by atoms with Gasteiger partial charge in [-0.05, 0) is 42.0 Å². The predicted octanol–water partition coefficient (Wildman–Crippen LogP) is 6.20. The van der Waals surface area contributed by atoms with Crippen LogP contribution in [0, 0.1) is 0 Å². The molecule has 4 aromatic rings. The van der Waals surface area contributed by atoms with E-state index in [-0.39, 0.29) is 16.2 Å². The van der Waals surface area contributed by atoms with Crippen LogP contribution in [0.3, 0.4) is 0 Å². The maximum absolute atomic E-state index is 14.1. The lowest BCUT2D eigenvalue weighted by Gasteiger charge is -2.11. The molecule has 0 radical (unpaired) electrons. The van der Waals surface area contributed by atoms with Crippen LogP contribution in [0.4, 0.5) is 8.78 Å². The van der Waals surface area contributed by atoms with Gasteiger partial charge in [0.15, 0.2) is 9.84 Å². The van der Waals surface area contributed by atoms with Crippen molar-refractivity contribution in [2.24, 2.45) is 0 Å². The average molecular weight is 459 g/mol. The minimum atomic E-state index is -3.40. The van der Waals surface area contributed by atoms with Crippen molar-refractivity contribution in [3.05, 3.63) is 89.6 Å². The molecule has 31 heavy (non-hydrogen) atoms. The number of hydrogen-bond acceptors (Lipinski definition) is 3.